The van der Waals surface area contributed by atoms with Gasteiger partial charge in [-0.2, -0.15) is 0 Å². The monoisotopic (exact) mass is 283 g/mol. The third kappa shape index (κ3) is 4.63. The number of nitrogens with one attached hydrogen (secondary N) is 1. The maximum atomic E-state index is 11.8. The Labute approximate surface area is 113 Å². The Morgan fingerprint density at radius 2 is 1.79 bits per heavy atom. The normalized spacial score (nSPS) is 11.6. The van der Waals surface area contributed by atoms with Gasteiger partial charge in [0.05, 0.1) is 6.42 Å². The fourth-order valence-corrected chi connectivity index (χ4v) is 1.77. The second kappa shape index (κ2) is 6.79. The molecule has 0 fully saturated rings. The van der Waals surface area contributed by atoms with Crippen LogP contribution in [0.15, 0.2) is 29.2 Å². The predicted octanol–water partition coefficient (Wildman–Crippen LogP) is 1.07. The number of hydrogen-bond donors (Lipinski definition) is 3. The number of carboxylic acid groups (broad SMARTS) is 2. The first-order chi connectivity index (χ1) is 8.93. The van der Waals surface area contributed by atoms with Gasteiger partial charge in [0.15, 0.2) is 0 Å². The Morgan fingerprint density at radius 1 is 1.21 bits per heavy atom. The highest BCUT2D eigenvalue weighted by Gasteiger charge is 2.23. The standard InChI is InChI=1S/C12H13NO5S/c1-19-8-4-2-7(3-5-8)11(16)13-9(12(17)18)6-10(14)15/h2-5,9H,6H2,1H3,(H,13,16)(H,14,15)(H,17,18). The number of aliphatic carboxylic acids is 2. The molecule has 102 valence electrons. The molecule has 1 aromatic rings. The van der Waals surface area contributed by atoms with E-state index in [0.717, 1.165) is 4.90 Å². The zero-order valence-electron chi connectivity index (χ0n) is 10.1. The van der Waals surface area contributed by atoms with Gasteiger partial charge in [-0.15, -0.1) is 11.8 Å². The summed E-state index contributed by atoms with van der Waals surface area (Å²) in [6.45, 7) is 0. The van der Waals surface area contributed by atoms with Crippen LogP contribution in [0.2, 0.25) is 0 Å². The van der Waals surface area contributed by atoms with Gasteiger partial charge in [0, 0.05) is 10.5 Å². The molecule has 0 radical (unpaired) electrons. The highest BCUT2D eigenvalue weighted by Crippen LogP contribution is 2.14. The fourth-order valence-electron chi connectivity index (χ4n) is 1.36. The average molecular weight is 283 g/mol. The summed E-state index contributed by atoms with van der Waals surface area (Å²) < 4.78 is 0. The van der Waals surface area contributed by atoms with Crippen molar-refractivity contribution in [3.63, 3.8) is 0 Å². The van der Waals surface area contributed by atoms with Crippen LogP contribution in [0.5, 0.6) is 0 Å². The number of carboxylic acids is 2. The van der Waals surface area contributed by atoms with Gasteiger partial charge in [0.1, 0.15) is 6.04 Å². The summed E-state index contributed by atoms with van der Waals surface area (Å²) in [6.07, 6.45) is 1.23. The molecule has 1 atom stereocenters. The van der Waals surface area contributed by atoms with Gasteiger partial charge in [-0.3, -0.25) is 9.59 Å². The van der Waals surface area contributed by atoms with Crippen LogP contribution in [0.4, 0.5) is 0 Å². The summed E-state index contributed by atoms with van der Waals surface area (Å²) >= 11 is 1.51. The fraction of sp³-hybridized carbons (Fsp3) is 0.250. The number of rotatable bonds is 6. The van der Waals surface area contributed by atoms with Crippen LogP contribution >= 0.6 is 11.8 Å². The van der Waals surface area contributed by atoms with E-state index in [1.807, 2.05) is 6.26 Å². The maximum Gasteiger partial charge on any atom is 0.326 e. The van der Waals surface area contributed by atoms with E-state index in [4.69, 9.17) is 10.2 Å². The lowest BCUT2D eigenvalue weighted by Gasteiger charge is -2.12. The molecule has 0 saturated carbocycles. The molecule has 0 aliphatic heterocycles. The Bertz CT molecular complexity index is 485. The topological polar surface area (TPSA) is 104 Å². The smallest absolute Gasteiger partial charge is 0.326 e. The molecule has 1 amide bonds. The molecule has 0 spiro atoms. The highest BCUT2D eigenvalue weighted by molar-refractivity contribution is 7.98. The summed E-state index contributed by atoms with van der Waals surface area (Å²) in [6, 6.07) is 5.13. The molecule has 1 rings (SSSR count). The van der Waals surface area contributed by atoms with Gasteiger partial charge in [-0.25, -0.2) is 4.79 Å². The third-order valence-electron chi connectivity index (χ3n) is 2.33. The summed E-state index contributed by atoms with van der Waals surface area (Å²) in [5, 5.41) is 19.6. The molecule has 19 heavy (non-hydrogen) atoms. The lowest BCUT2D eigenvalue weighted by molar-refractivity contribution is -0.145. The van der Waals surface area contributed by atoms with E-state index in [0.29, 0.717) is 0 Å². The van der Waals surface area contributed by atoms with Crippen LogP contribution < -0.4 is 5.32 Å². The van der Waals surface area contributed by atoms with Gasteiger partial charge in [0.25, 0.3) is 5.91 Å². The average Bonchev–Trinajstić information content (AvgIpc) is 2.37. The SMILES string of the molecule is CSc1ccc(C(=O)NC(CC(=O)O)C(=O)O)cc1. The van der Waals surface area contributed by atoms with Crippen LogP contribution in [0.25, 0.3) is 0 Å². The van der Waals surface area contributed by atoms with E-state index in [-0.39, 0.29) is 5.56 Å². The van der Waals surface area contributed by atoms with Crippen molar-refractivity contribution in [2.24, 2.45) is 0 Å². The first-order valence-corrected chi connectivity index (χ1v) is 6.56. The van der Waals surface area contributed by atoms with Crippen molar-refractivity contribution >= 4 is 29.6 Å². The number of benzene rings is 1. The van der Waals surface area contributed by atoms with Crippen LogP contribution in [-0.2, 0) is 9.59 Å². The predicted molar refractivity (Wildman–Crippen MR) is 69.4 cm³/mol. The Morgan fingerprint density at radius 3 is 2.21 bits per heavy atom. The number of amides is 1. The molecule has 6 nitrogen and oxygen atoms in total. The van der Waals surface area contributed by atoms with Crippen molar-refractivity contribution in [1.82, 2.24) is 5.32 Å². The minimum atomic E-state index is -1.44. The van der Waals surface area contributed by atoms with Crippen LogP contribution in [0.3, 0.4) is 0 Å². The zero-order chi connectivity index (χ0) is 14.4. The minimum Gasteiger partial charge on any atom is -0.481 e. The van der Waals surface area contributed by atoms with E-state index in [9.17, 15) is 14.4 Å². The number of carbonyl (C=O) groups excluding carboxylic acids is 1. The molecular weight excluding hydrogens is 270 g/mol. The van der Waals surface area contributed by atoms with E-state index < -0.39 is 30.3 Å². The van der Waals surface area contributed by atoms with Crippen LogP contribution in [0.1, 0.15) is 16.8 Å². The van der Waals surface area contributed by atoms with Gasteiger partial charge >= 0.3 is 11.9 Å². The molecule has 0 heterocycles. The molecule has 1 aromatic carbocycles. The number of hydrogen-bond acceptors (Lipinski definition) is 4. The van der Waals surface area contributed by atoms with Crippen molar-refractivity contribution in [2.75, 3.05) is 6.26 Å². The third-order valence-corrected chi connectivity index (χ3v) is 3.08. The van der Waals surface area contributed by atoms with Gasteiger partial charge in [-0.1, -0.05) is 0 Å². The largest absolute Gasteiger partial charge is 0.481 e. The summed E-state index contributed by atoms with van der Waals surface area (Å²) in [7, 11) is 0. The van der Waals surface area contributed by atoms with Gasteiger partial charge in [0.2, 0.25) is 0 Å². The van der Waals surface area contributed by atoms with Crippen LogP contribution in [-0.4, -0.2) is 40.4 Å². The zero-order valence-corrected chi connectivity index (χ0v) is 10.9. The Balaban J connectivity index is 2.75. The van der Waals surface area contributed by atoms with E-state index in [1.165, 1.54) is 11.8 Å². The molecule has 0 aromatic heterocycles. The minimum absolute atomic E-state index is 0.287. The van der Waals surface area contributed by atoms with Crippen molar-refractivity contribution in [2.45, 2.75) is 17.4 Å². The number of thioether (sulfide) groups is 1. The molecule has 0 saturated heterocycles. The molecule has 3 N–H and O–H groups in total. The van der Waals surface area contributed by atoms with Crippen molar-refractivity contribution in [3.8, 4) is 0 Å². The van der Waals surface area contributed by atoms with Crippen LogP contribution in [0, 0.1) is 0 Å². The van der Waals surface area contributed by atoms with E-state index >= 15 is 0 Å². The maximum absolute atomic E-state index is 11.8. The molecule has 0 aliphatic rings. The summed E-state index contributed by atoms with van der Waals surface area (Å²) in [5.74, 6) is -3.27. The first-order valence-electron chi connectivity index (χ1n) is 5.33. The van der Waals surface area contributed by atoms with Crippen molar-refractivity contribution in [3.05, 3.63) is 29.8 Å². The van der Waals surface area contributed by atoms with Crippen molar-refractivity contribution < 1.29 is 24.6 Å². The molecular formula is C12H13NO5S. The Hall–Kier alpha value is -2.02. The lowest BCUT2D eigenvalue weighted by atomic mass is 10.1. The second-order valence-corrected chi connectivity index (χ2v) is 4.57. The van der Waals surface area contributed by atoms with E-state index in [2.05, 4.69) is 5.32 Å². The van der Waals surface area contributed by atoms with E-state index in [1.54, 1.807) is 24.3 Å². The first kappa shape index (κ1) is 15.0. The van der Waals surface area contributed by atoms with Crippen molar-refractivity contribution in [1.29, 1.82) is 0 Å². The molecule has 1 unspecified atom stereocenters. The van der Waals surface area contributed by atoms with Gasteiger partial charge in [-0.05, 0) is 30.5 Å². The summed E-state index contributed by atoms with van der Waals surface area (Å²) in [4.78, 5) is 34.1. The molecule has 7 heteroatoms. The number of carbonyl (C=O) groups is 3. The molecule has 0 bridgehead atoms. The quantitative estimate of drug-likeness (QED) is 0.675. The summed E-state index contributed by atoms with van der Waals surface area (Å²) in [5.41, 5.74) is 0.287. The lowest BCUT2D eigenvalue weighted by Crippen LogP contribution is -2.42. The second-order valence-electron chi connectivity index (χ2n) is 3.69. The molecule has 0 aliphatic carbocycles. The Kier molecular flexibility index (Phi) is 5.37. The van der Waals surface area contributed by atoms with Gasteiger partial charge < -0.3 is 15.5 Å². The highest BCUT2D eigenvalue weighted by atomic mass is 32.2.